The Morgan fingerprint density at radius 2 is 1.83 bits per heavy atom. The van der Waals surface area contributed by atoms with Crippen molar-refractivity contribution in [2.45, 2.75) is 38.5 Å². The van der Waals surface area contributed by atoms with Crippen LogP contribution in [0.3, 0.4) is 0 Å². The molecular formula is C20H24CuN4O4. The van der Waals surface area contributed by atoms with E-state index in [2.05, 4.69) is 11.2 Å². The maximum absolute atomic E-state index is 12.1. The Hall–Kier alpha value is -2.97. The summed E-state index contributed by atoms with van der Waals surface area (Å²) >= 11 is 0. The van der Waals surface area contributed by atoms with E-state index in [-0.39, 0.29) is 53.8 Å². The van der Waals surface area contributed by atoms with Gasteiger partial charge in [-0.3, -0.25) is 4.79 Å². The number of nitrogens with two attached hydrogens (primary N) is 1. The van der Waals surface area contributed by atoms with E-state index < -0.39 is 11.8 Å². The van der Waals surface area contributed by atoms with Crippen LogP contribution in [-0.4, -0.2) is 23.5 Å². The van der Waals surface area contributed by atoms with Gasteiger partial charge in [-0.05, 0) is 49.9 Å². The van der Waals surface area contributed by atoms with E-state index in [1.54, 1.807) is 30.3 Å². The molecule has 0 spiro atoms. The number of allylic oxidation sites excluding steroid dienone is 1. The van der Waals surface area contributed by atoms with Gasteiger partial charge in [0.15, 0.2) is 5.57 Å². The van der Waals surface area contributed by atoms with Gasteiger partial charge in [-0.15, -0.1) is 12.3 Å². The molecule has 0 fully saturated rings. The molecule has 9 heteroatoms. The molecule has 2 amide bonds. The van der Waals surface area contributed by atoms with Gasteiger partial charge in [0, 0.05) is 24.4 Å². The summed E-state index contributed by atoms with van der Waals surface area (Å²) in [7, 11) is 0. The normalized spacial score (nSPS) is 10.1. The van der Waals surface area contributed by atoms with Gasteiger partial charge in [0.2, 0.25) is 0 Å². The van der Waals surface area contributed by atoms with Crippen molar-refractivity contribution in [2.24, 2.45) is 0 Å². The number of unbranched alkanes of at least 4 members (excludes halogenated alkanes) is 2. The minimum atomic E-state index is -0.704. The van der Waals surface area contributed by atoms with E-state index in [0.29, 0.717) is 24.5 Å². The standard InChI is InChI=1S/C20H23N3O4.Cu.H2N/c1-2-3-7-18(24)17(14-21)20(26)23-15-9-11-16(12-10-15)27-13-6-4-5-8-19(22)25;;/h1,9-12H,3-8,13H2,(H4,22,23,24,25,26);;1H2/q;+2;-1/p-1. The molecule has 8 nitrogen and oxygen atoms in total. The summed E-state index contributed by atoms with van der Waals surface area (Å²) in [6.07, 6.45) is 7.94. The Labute approximate surface area is 181 Å². The second-order valence-electron chi connectivity index (χ2n) is 5.70. The number of nitrogens with one attached hydrogen (secondary N) is 2. The topological polar surface area (TPSA) is 157 Å². The summed E-state index contributed by atoms with van der Waals surface area (Å²) in [5, 5.41) is 21.4. The van der Waals surface area contributed by atoms with Crippen LogP contribution in [0.5, 0.6) is 5.75 Å². The third-order valence-electron chi connectivity index (χ3n) is 3.56. The van der Waals surface area contributed by atoms with Crippen molar-refractivity contribution in [3.63, 3.8) is 0 Å². The quantitative estimate of drug-likeness (QED) is 0.126. The molecular weight excluding hydrogens is 424 g/mol. The van der Waals surface area contributed by atoms with Crippen molar-refractivity contribution in [3.8, 4) is 24.2 Å². The zero-order chi connectivity index (χ0) is 20.1. The van der Waals surface area contributed by atoms with Crippen LogP contribution in [-0.2, 0) is 26.7 Å². The SMILES string of the molecule is C#CCC/C(O)=C(\C#N)C(=O)Nc1ccc(OCCCCCC([NH-])=O)cc1.[Cu+2].[NH2-]. The van der Waals surface area contributed by atoms with Crippen LogP contribution in [0, 0.1) is 23.7 Å². The Balaban J connectivity index is 0. The molecule has 1 aromatic carbocycles. The number of hydrogen-bond acceptors (Lipinski definition) is 5. The summed E-state index contributed by atoms with van der Waals surface area (Å²) in [5.41, 5.74) is 6.90. The van der Waals surface area contributed by atoms with Gasteiger partial charge in [-0.2, -0.15) is 5.26 Å². The average molecular weight is 448 g/mol. The van der Waals surface area contributed by atoms with Crippen molar-refractivity contribution >= 4 is 17.5 Å². The van der Waals surface area contributed by atoms with Gasteiger partial charge in [0.25, 0.3) is 5.91 Å². The van der Waals surface area contributed by atoms with Crippen molar-refractivity contribution in [2.75, 3.05) is 11.9 Å². The Morgan fingerprint density at radius 3 is 2.38 bits per heavy atom. The number of carbonyl (C=O) groups is 2. The first-order valence-electron chi connectivity index (χ1n) is 8.52. The number of nitrogens with zero attached hydrogens (tertiary/aromatic N) is 1. The second-order valence-corrected chi connectivity index (χ2v) is 5.70. The molecule has 0 aliphatic heterocycles. The van der Waals surface area contributed by atoms with Gasteiger partial charge in [0.1, 0.15) is 17.6 Å². The van der Waals surface area contributed by atoms with Gasteiger partial charge in [0.05, 0.1) is 6.61 Å². The van der Waals surface area contributed by atoms with Crippen LogP contribution in [0.2, 0.25) is 0 Å². The van der Waals surface area contributed by atoms with Gasteiger partial charge < -0.3 is 31.8 Å². The summed E-state index contributed by atoms with van der Waals surface area (Å²) in [6.45, 7) is 0.488. The minimum absolute atomic E-state index is 0. The van der Waals surface area contributed by atoms with E-state index in [0.717, 1.165) is 12.8 Å². The van der Waals surface area contributed by atoms with Crippen LogP contribution in [0.1, 0.15) is 38.5 Å². The zero-order valence-electron chi connectivity index (χ0n) is 15.8. The fraction of sp³-hybridized carbons (Fsp3) is 0.350. The molecule has 1 rings (SSSR count). The molecule has 1 aromatic rings. The maximum atomic E-state index is 12.1. The van der Waals surface area contributed by atoms with Crippen molar-refractivity contribution in [1.82, 2.24) is 0 Å². The molecule has 0 aromatic heterocycles. The molecule has 0 saturated carbocycles. The fourth-order valence-electron chi connectivity index (χ4n) is 2.14. The van der Waals surface area contributed by atoms with E-state index in [1.165, 1.54) is 0 Å². The van der Waals surface area contributed by atoms with Gasteiger partial charge in [-0.25, -0.2) is 0 Å². The van der Waals surface area contributed by atoms with Crippen LogP contribution in [0.25, 0.3) is 11.9 Å². The molecule has 0 aliphatic carbocycles. The molecule has 29 heavy (non-hydrogen) atoms. The molecule has 0 heterocycles. The number of anilines is 1. The minimum Gasteiger partial charge on any atom is -0.693 e. The van der Waals surface area contributed by atoms with Crippen LogP contribution in [0.4, 0.5) is 5.69 Å². The number of terminal acetylenes is 1. The fourth-order valence-corrected chi connectivity index (χ4v) is 2.14. The zero-order valence-corrected chi connectivity index (χ0v) is 16.8. The van der Waals surface area contributed by atoms with Crippen LogP contribution < -0.4 is 10.1 Å². The molecule has 0 atom stereocenters. The number of aliphatic hydroxyl groups excluding tert-OH is 1. The number of ether oxygens (including phenoxy) is 1. The van der Waals surface area contributed by atoms with E-state index >= 15 is 0 Å². The number of amides is 2. The molecule has 1 radical (unpaired) electrons. The number of rotatable bonds is 11. The smallest absolute Gasteiger partial charge is 0.693 e. The molecule has 159 valence electrons. The van der Waals surface area contributed by atoms with Crippen LogP contribution >= 0.6 is 0 Å². The average Bonchev–Trinajstić information content (AvgIpc) is 2.64. The second kappa shape index (κ2) is 16.0. The molecule has 0 saturated heterocycles. The van der Waals surface area contributed by atoms with Gasteiger partial charge >= 0.3 is 17.1 Å². The first-order valence-corrected chi connectivity index (χ1v) is 8.52. The van der Waals surface area contributed by atoms with Crippen molar-refractivity contribution < 1.29 is 36.5 Å². The first-order chi connectivity index (χ1) is 13.0. The Kier molecular flexibility index (Phi) is 15.6. The molecule has 0 unspecified atom stereocenters. The van der Waals surface area contributed by atoms with E-state index in [9.17, 15) is 14.7 Å². The Bertz CT molecular complexity index is 764. The predicted molar refractivity (Wildman–Crippen MR) is 107 cm³/mol. The predicted octanol–water partition coefficient (Wildman–Crippen LogP) is 4.61. The number of aliphatic hydroxyl groups is 1. The van der Waals surface area contributed by atoms with E-state index in [4.69, 9.17) is 22.2 Å². The third kappa shape index (κ3) is 11.5. The number of carbonyl (C=O) groups excluding carboxylic acids is 2. The third-order valence-corrected chi connectivity index (χ3v) is 3.56. The summed E-state index contributed by atoms with van der Waals surface area (Å²) in [6, 6.07) is 8.29. The Morgan fingerprint density at radius 1 is 1.17 bits per heavy atom. The maximum Gasteiger partial charge on any atom is 2.00 e. The van der Waals surface area contributed by atoms with Crippen molar-refractivity contribution in [3.05, 3.63) is 47.5 Å². The summed E-state index contributed by atoms with van der Waals surface area (Å²) in [4.78, 5) is 22.6. The molecule has 0 aliphatic rings. The molecule has 0 bridgehead atoms. The number of benzene rings is 1. The largest absolute Gasteiger partial charge is 2.00 e. The summed E-state index contributed by atoms with van der Waals surface area (Å²) in [5.74, 6) is 1.37. The number of nitriles is 1. The van der Waals surface area contributed by atoms with E-state index in [1.807, 2.05) is 0 Å². The van der Waals surface area contributed by atoms with Crippen molar-refractivity contribution in [1.29, 1.82) is 5.26 Å². The molecule has 5 N–H and O–H groups in total. The van der Waals surface area contributed by atoms with Crippen LogP contribution in [0.15, 0.2) is 35.6 Å². The monoisotopic (exact) mass is 447 g/mol. The van der Waals surface area contributed by atoms with Gasteiger partial charge in [-0.1, -0.05) is 0 Å². The summed E-state index contributed by atoms with van der Waals surface area (Å²) < 4.78 is 5.56. The first kappa shape index (κ1) is 28.2. The number of hydrogen-bond donors (Lipinski definition) is 2.